The Kier molecular flexibility index (Phi) is 6.72. The Hall–Kier alpha value is -2.96. The van der Waals surface area contributed by atoms with Crippen LogP contribution in [0.1, 0.15) is 19.3 Å². The Morgan fingerprint density at radius 1 is 1.25 bits per heavy atom. The molecule has 2 rings (SSSR count). The molecule has 1 aromatic heterocycles. The first-order valence-corrected chi connectivity index (χ1v) is 9.80. The van der Waals surface area contributed by atoms with Gasteiger partial charge in [0, 0.05) is 10.8 Å². The Morgan fingerprint density at radius 3 is 2.57 bits per heavy atom. The number of benzene rings is 1. The van der Waals surface area contributed by atoms with E-state index in [1.54, 1.807) is 0 Å². The highest BCUT2D eigenvalue weighted by Crippen LogP contribution is 2.32. The maximum atomic E-state index is 12.7. The third-order valence-corrected chi connectivity index (χ3v) is 5.37. The number of aliphatic carboxylic acids is 1. The number of fused-ring (bicyclic) bond motifs is 1. The van der Waals surface area contributed by atoms with Crippen LogP contribution in [0.5, 0.6) is 5.75 Å². The molecule has 0 radical (unpaired) electrons. The number of carboxylic acids is 1. The summed E-state index contributed by atoms with van der Waals surface area (Å²) in [6, 6.07) is 2.51. The van der Waals surface area contributed by atoms with Crippen molar-refractivity contribution in [1.29, 1.82) is 0 Å². The second-order valence-corrected chi connectivity index (χ2v) is 7.72. The number of aliphatic imine (C=N–C) groups is 1. The van der Waals surface area contributed by atoms with Gasteiger partial charge in [0.15, 0.2) is 11.8 Å². The number of nitrogens with one attached hydrogen (secondary N) is 1. The molecule has 152 valence electrons. The quantitative estimate of drug-likeness (QED) is 0.182. The molecule has 0 aliphatic rings. The van der Waals surface area contributed by atoms with Crippen molar-refractivity contribution < 1.29 is 23.4 Å². The molecule has 2 aromatic rings. The number of guanidine groups is 1. The highest BCUT2D eigenvalue weighted by molar-refractivity contribution is 7.89. The number of nitrogens with zero attached hydrogens (tertiary/aromatic N) is 2. The zero-order valence-corrected chi connectivity index (χ0v) is 15.7. The highest BCUT2D eigenvalue weighted by Gasteiger charge is 2.25. The Balaban J connectivity index is 2.44. The summed E-state index contributed by atoms with van der Waals surface area (Å²) >= 11 is 0. The van der Waals surface area contributed by atoms with Gasteiger partial charge in [-0.25, -0.2) is 13.4 Å². The fourth-order valence-corrected chi connectivity index (χ4v) is 3.80. The van der Waals surface area contributed by atoms with Gasteiger partial charge in [0.05, 0.1) is 11.1 Å². The predicted molar refractivity (Wildman–Crippen MR) is 104 cm³/mol. The molecule has 0 saturated carbocycles. The topological polar surface area (TPSA) is 207 Å². The van der Waals surface area contributed by atoms with Crippen LogP contribution >= 0.6 is 0 Å². The molecule has 9 N–H and O–H groups in total. The van der Waals surface area contributed by atoms with E-state index in [1.165, 1.54) is 18.2 Å². The van der Waals surface area contributed by atoms with Gasteiger partial charge in [-0.1, -0.05) is 6.42 Å². The van der Waals surface area contributed by atoms with Crippen molar-refractivity contribution >= 4 is 38.5 Å². The second kappa shape index (κ2) is 8.82. The van der Waals surface area contributed by atoms with Crippen LogP contribution < -0.4 is 21.9 Å². The molecular formula is C16H22N6O5S. The van der Waals surface area contributed by atoms with Crippen LogP contribution in [0.3, 0.4) is 0 Å². The van der Waals surface area contributed by atoms with Gasteiger partial charge < -0.3 is 27.4 Å². The maximum Gasteiger partial charge on any atom is 0.321 e. The molecule has 0 unspecified atom stereocenters. The minimum atomic E-state index is -4.17. The van der Waals surface area contributed by atoms with Crippen LogP contribution in [0.4, 0.5) is 5.82 Å². The van der Waals surface area contributed by atoms with Gasteiger partial charge in [0.2, 0.25) is 10.0 Å². The van der Waals surface area contributed by atoms with Gasteiger partial charge in [-0.05, 0) is 37.6 Å². The fraction of sp³-hybridized carbons (Fsp3) is 0.312. The van der Waals surface area contributed by atoms with Crippen LogP contribution in [0, 0.1) is 0 Å². The zero-order chi connectivity index (χ0) is 20.9. The average Bonchev–Trinajstić information content (AvgIpc) is 2.62. The summed E-state index contributed by atoms with van der Waals surface area (Å²) < 4.78 is 27.5. The molecule has 1 heterocycles. The number of nitrogens with two attached hydrogens (primary N) is 3. The summed E-state index contributed by atoms with van der Waals surface area (Å²) in [5.41, 5.74) is 16.1. The van der Waals surface area contributed by atoms with Crippen LogP contribution in [0.15, 0.2) is 34.3 Å². The number of carboxylic acid groups (broad SMARTS) is 1. The summed E-state index contributed by atoms with van der Waals surface area (Å²) in [7, 11) is -4.17. The molecule has 11 nitrogen and oxygen atoms in total. The Morgan fingerprint density at radius 2 is 1.96 bits per heavy atom. The van der Waals surface area contributed by atoms with Crippen molar-refractivity contribution in [3.05, 3.63) is 24.4 Å². The van der Waals surface area contributed by atoms with Gasteiger partial charge in [-0.15, -0.1) is 0 Å². The number of pyridine rings is 1. The molecule has 1 atom stereocenters. The fourth-order valence-electron chi connectivity index (χ4n) is 2.55. The molecule has 28 heavy (non-hydrogen) atoms. The number of unbranched alkanes of at least 4 members (excludes halogenated alkanes) is 1. The van der Waals surface area contributed by atoms with Gasteiger partial charge in [-0.2, -0.15) is 9.71 Å². The lowest BCUT2D eigenvalue weighted by Gasteiger charge is -2.15. The van der Waals surface area contributed by atoms with Gasteiger partial charge in [-0.3, -0.25) is 4.79 Å². The molecule has 12 heteroatoms. The Bertz CT molecular complexity index is 1000. The number of aromatic nitrogens is 1. The number of sulfonamides is 1. The summed E-state index contributed by atoms with van der Waals surface area (Å²) in [4.78, 5) is 18.9. The van der Waals surface area contributed by atoms with Crippen molar-refractivity contribution in [2.45, 2.75) is 30.2 Å². The largest absolute Gasteiger partial charge is 0.506 e. The minimum Gasteiger partial charge on any atom is -0.506 e. The van der Waals surface area contributed by atoms with Gasteiger partial charge in [0.1, 0.15) is 11.8 Å². The van der Waals surface area contributed by atoms with Gasteiger partial charge >= 0.3 is 5.97 Å². The SMILES string of the molecule is NCCCC[C@H](NS(=O)(=O)c1ccc2c(O)cnc(N=C(N)N)c2c1)C(=O)O. The summed E-state index contributed by atoms with van der Waals surface area (Å²) in [5, 5.41) is 19.7. The molecule has 0 saturated heterocycles. The Labute approximate surface area is 161 Å². The summed E-state index contributed by atoms with van der Waals surface area (Å²) in [6.45, 7) is 0.383. The third kappa shape index (κ3) is 5.06. The predicted octanol–water partition coefficient (Wildman–Crippen LogP) is -0.294. The van der Waals surface area contributed by atoms with E-state index in [2.05, 4.69) is 14.7 Å². The molecular weight excluding hydrogens is 388 g/mol. The van der Waals surface area contributed by atoms with E-state index < -0.39 is 22.0 Å². The van der Waals surface area contributed by atoms with Crippen molar-refractivity contribution in [3.63, 3.8) is 0 Å². The number of hydrogen-bond acceptors (Lipinski definition) is 7. The standard InChI is InChI=1S/C16H22N6O5S/c17-6-2-1-3-12(15(24)25)22-28(26,27)9-4-5-10-11(7-9)14(21-16(18)19)20-8-13(10)23/h4-5,7-8,12,22-23H,1-3,6,17H2,(H,24,25)(H4,18,19,20,21)/t12-/m0/s1. The smallest absolute Gasteiger partial charge is 0.321 e. The van der Waals surface area contributed by atoms with Crippen LogP contribution in [-0.4, -0.2) is 48.1 Å². The van der Waals surface area contributed by atoms with Crippen molar-refractivity contribution in [2.24, 2.45) is 22.2 Å². The molecule has 0 amide bonds. The van der Waals surface area contributed by atoms with E-state index in [-0.39, 0.29) is 39.6 Å². The maximum absolute atomic E-state index is 12.7. The van der Waals surface area contributed by atoms with E-state index in [0.29, 0.717) is 19.4 Å². The number of aromatic hydroxyl groups is 1. The monoisotopic (exact) mass is 410 g/mol. The average molecular weight is 410 g/mol. The first-order chi connectivity index (χ1) is 13.2. The molecule has 0 spiro atoms. The minimum absolute atomic E-state index is 0.0163. The van der Waals surface area contributed by atoms with E-state index in [1.807, 2.05) is 0 Å². The lowest BCUT2D eigenvalue weighted by atomic mass is 10.1. The van der Waals surface area contributed by atoms with Crippen LogP contribution in [0.25, 0.3) is 10.8 Å². The molecule has 1 aromatic carbocycles. The number of carbonyl (C=O) groups is 1. The van der Waals surface area contributed by atoms with E-state index in [4.69, 9.17) is 17.2 Å². The lowest BCUT2D eigenvalue weighted by molar-refractivity contribution is -0.139. The van der Waals surface area contributed by atoms with E-state index >= 15 is 0 Å². The highest BCUT2D eigenvalue weighted by atomic mass is 32.2. The molecule has 0 aliphatic carbocycles. The third-order valence-electron chi connectivity index (χ3n) is 3.90. The van der Waals surface area contributed by atoms with Crippen molar-refractivity contribution in [1.82, 2.24) is 9.71 Å². The van der Waals surface area contributed by atoms with Crippen LogP contribution in [0.2, 0.25) is 0 Å². The first kappa shape index (κ1) is 21.3. The first-order valence-electron chi connectivity index (χ1n) is 8.32. The second-order valence-electron chi connectivity index (χ2n) is 6.01. The van der Waals surface area contributed by atoms with E-state index in [9.17, 15) is 23.4 Å². The molecule has 0 aliphatic heterocycles. The summed E-state index contributed by atoms with van der Waals surface area (Å²) in [6.07, 6.45) is 2.27. The van der Waals surface area contributed by atoms with Crippen molar-refractivity contribution in [2.75, 3.05) is 6.54 Å². The van der Waals surface area contributed by atoms with Crippen molar-refractivity contribution in [3.8, 4) is 5.75 Å². The number of hydrogen-bond donors (Lipinski definition) is 6. The molecule has 0 bridgehead atoms. The zero-order valence-electron chi connectivity index (χ0n) is 14.9. The normalized spacial score (nSPS) is 12.6. The number of rotatable bonds is 9. The summed E-state index contributed by atoms with van der Waals surface area (Å²) in [5.74, 6) is -1.76. The van der Waals surface area contributed by atoms with Gasteiger partial charge in [0.25, 0.3) is 0 Å². The van der Waals surface area contributed by atoms with Crippen LogP contribution in [-0.2, 0) is 14.8 Å². The molecule has 0 fully saturated rings. The van der Waals surface area contributed by atoms with E-state index in [0.717, 1.165) is 6.20 Å². The lowest BCUT2D eigenvalue weighted by Crippen LogP contribution is -2.40.